The Balaban J connectivity index is 1.72. The Bertz CT molecular complexity index is 660. The number of allylic oxidation sites excluding steroid dienone is 1. The molecule has 0 aliphatic heterocycles. The van der Waals surface area contributed by atoms with Crippen molar-refractivity contribution in [1.29, 1.82) is 0 Å². The molecular formula is C21H28O3. The Morgan fingerprint density at radius 1 is 1.08 bits per heavy atom. The van der Waals surface area contributed by atoms with E-state index in [1.54, 1.807) is 13.0 Å². The fraction of sp³-hybridized carbons (Fsp3) is 0.762. The van der Waals surface area contributed by atoms with Gasteiger partial charge < -0.3 is 0 Å². The molecule has 0 bridgehead atoms. The zero-order valence-electron chi connectivity index (χ0n) is 15.1. The first-order valence-electron chi connectivity index (χ1n) is 9.56. The monoisotopic (exact) mass is 328 g/mol. The molecule has 0 aromatic carbocycles. The van der Waals surface area contributed by atoms with E-state index >= 15 is 0 Å². The number of hydrogen-bond donors (Lipinski definition) is 0. The molecule has 0 aromatic rings. The van der Waals surface area contributed by atoms with Crippen LogP contribution in [0.4, 0.5) is 0 Å². The number of Topliss-reactive ketones (excluding diaryl/α,β-unsaturated/α-hetero) is 2. The van der Waals surface area contributed by atoms with Gasteiger partial charge in [0, 0.05) is 24.3 Å². The zero-order chi connectivity index (χ0) is 17.3. The molecule has 4 aliphatic carbocycles. The third-order valence-electron chi connectivity index (χ3n) is 8.28. The average molecular weight is 328 g/mol. The summed E-state index contributed by atoms with van der Waals surface area (Å²) in [4.78, 5) is 36.9. The van der Waals surface area contributed by atoms with Crippen molar-refractivity contribution in [2.24, 2.45) is 34.5 Å². The normalized spacial score (nSPS) is 47.5. The van der Waals surface area contributed by atoms with Crippen LogP contribution in [-0.2, 0) is 14.4 Å². The SMILES string of the molecule is CC(=O)C1CCC2C3CC(=O)C4=CC(=O)CC[C@]4(C)C3CC[C@]12C. The van der Waals surface area contributed by atoms with Gasteiger partial charge in [-0.3, -0.25) is 14.4 Å². The van der Waals surface area contributed by atoms with Crippen LogP contribution in [0.5, 0.6) is 0 Å². The second-order valence-corrected chi connectivity index (χ2v) is 9.23. The van der Waals surface area contributed by atoms with E-state index in [2.05, 4.69) is 13.8 Å². The summed E-state index contributed by atoms with van der Waals surface area (Å²) < 4.78 is 0. The fourth-order valence-electron chi connectivity index (χ4n) is 7.05. The summed E-state index contributed by atoms with van der Waals surface area (Å²) in [7, 11) is 0. The van der Waals surface area contributed by atoms with Crippen molar-refractivity contribution < 1.29 is 14.4 Å². The lowest BCUT2D eigenvalue weighted by Crippen LogP contribution is -2.53. The minimum atomic E-state index is -0.121. The van der Waals surface area contributed by atoms with Gasteiger partial charge in [0.05, 0.1) is 0 Å². The molecule has 3 saturated carbocycles. The van der Waals surface area contributed by atoms with Crippen LogP contribution in [0.15, 0.2) is 11.6 Å². The van der Waals surface area contributed by atoms with E-state index in [1.807, 2.05) is 0 Å². The average Bonchev–Trinajstić information content (AvgIpc) is 2.87. The highest BCUT2D eigenvalue weighted by atomic mass is 16.1. The molecule has 6 atom stereocenters. The first-order chi connectivity index (χ1) is 11.3. The van der Waals surface area contributed by atoms with Crippen LogP contribution in [0.2, 0.25) is 0 Å². The van der Waals surface area contributed by atoms with Crippen molar-refractivity contribution in [1.82, 2.24) is 0 Å². The van der Waals surface area contributed by atoms with Crippen molar-refractivity contribution >= 4 is 17.3 Å². The molecule has 4 aliphatic rings. The molecule has 3 fully saturated rings. The van der Waals surface area contributed by atoms with Gasteiger partial charge in [-0.15, -0.1) is 0 Å². The smallest absolute Gasteiger partial charge is 0.159 e. The summed E-state index contributed by atoms with van der Waals surface area (Å²) in [5.41, 5.74) is 0.767. The van der Waals surface area contributed by atoms with Crippen molar-refractivity contribution in [3.05, 3.63) is 11.6 Å². The first-order valence-corrected chi connectivity index (χ1v) is 9.56. The van der Waals surface area contributed by atoms with Gasteiger partial charge in [-0.1, -0.05) is 13.8 Å². The van der Waals surface area contributed by atoms with Gasteiger partial charge in [-0.25, -0.2) is 0 Å². The van der Waals surface area contributed by atoms with E-state index in [-0.39, 0.29) is 28.3 Å². The standard InChI is InChI=1S/C21H28O3/c1-12(22)15-4-5-16-14-11-19(24)18-10-13(23)6-8-21(18,3)17(14)7-9-20(15,16)2/h10,14-17H,4-9,11H2,1-3H3/t14?,15?,16?,17?,20-,21-/m1/s1. The molecule has 0 aromatic heterocycles. The molecule has 0 saturated heterocycles. The summed E-state index contributed by atoms with van der Waals surface area (Å²) in [5.74, 6) is 2.21. The van der Waals surface area contributed by atoms with E-state index in [4.69, 9.17) is 0 Å². The van der Waals surface area contributed by atoms with Crippen LogP contribution in [0.3, 0.4) is 0 Å². The predicted octanol–water partition coefficient (Wildman–Crippen LogP) is 3.90. The van der Waals surface area contributed by atoms with Crippen LogP contribution >= 0.6 is 0 Å². The minimum Gasteiger partial charge on any atom is -0.300 e. The largest absolute Gasteiger partial charge is 0.300 e. The maximum Gasteiger partial charge on any atom is 0.159 e. The van der Waals surface area contributed by atoms with Gasteiger partial charge in [0.25, 0.3) is 0 Å². The third kappa shape index (κ3) is 1.99. The molecule has 130 valence electrons. The lowest BCUT2D eigenvalue weighted by atomic mass is 9.46. The van der Waals surface area contributed by atoms with Gasteiger partial charge in [-0.2, -0.15) is 0 Å². The van der Waals surface area contributed by atoms with Crippen LogP contribution in [-0.4, -0.2) is 17.3 Å². The summed E-state index contributed by atoms with van der Waals surface area (Å²) in [5, 5.41) is 0. The second-order valence-electron chi connectivity index (χ2n) is 9.23. The van der Waals surface area contributed by atoms with E-state index in [0.29, 0.717) is 36.4 Å². The molecule has 0 amide bonds. The molecule has 0 spiro atoms. The van der Waals surface area contributed by atoms with E-state index in [0.717, 1.165) is 37.7 Å². The lowest BCUT2D eigenvalue weighted by Gasteiger charge is -2.57. The maximum absolute atomic E-state index is 12.9. The Kier molecular flexibility index (Phi) is 3.47. The Labute approximate surface area is 144 Å². The van der Waals surface area contributed by atoms with Crippen LogP contribution in [0, 0.1) is 34.5 Å². The number of fused-ring (bicyclic) bond motifs is 5. The van der Waals surface area contributed by atoms with Crippen molar-refractivity contribution in [3.63, 3.8) is 0 Å². The zero-order valence-corrected chi connectivity index (χ0v) is 15.1. The molecule has 4 unspecified atom stereocenters. The first kappa shape index (κ1) is 16.2. The molecule has 3 nitrogen and oxygen atoms in total. The van der Waals surface area contributed by atoms with Gasteiger partial charge in [0.1, 0.15) is 5.78 Å². The summed E-state index contributed by atoms with van der Waals surface area (Å²) in [6.07, 6.45) is 7.91. The summed E-state index contributed by atoms with van der Waals surface area (Å²) >= 11 is 0. The number of hydrogen-bond acceptors (Lipinski definition) is 3. The molecule has 24 heavy (non-hydrogen) atoms. The summed E-state index contributed by atoms with van der Waals surface area (Å²) in [6, 6.07) is 0. The number of ketones is 3. The van der Waals surface area contributed by atoms with Crippen molar-refractivity contribution in [3.8, 4) is 0 Å². The third-order valence-corrected chi connectivity index (χ3v) is 8.28. The van der Waals surface area contributed by atoms with Gasteiger partial charge in [0.2, 0.25) is 0 Å². The lowest BCUT2D eigenvalue weighted by molar-refractivity contribution is -0.134. The molecule has 0 heterocycles. The highest BCUT2D eigenvalue weighted by Crippen LogP contribution is 2.66. The molecule has 0 radical (unpaired) electrons. The van der Waals surface area contributed by atoms with Crippen LogP contribution in [0.25, 0.3) is 0 Å². The van der Waals surface area contributed by atoms with Crippen molar-refractivity contribution in [2.75, 3.05) is 0 Å². The highest BCUT2D eigenvalue weighted by Gasteiger charge is 2.61. The Hall–Kier alpha value is -1.25. The summed E-state index contributed by atoms with van der Waals surface area (Å²) in [6.45, 7) is 6.26. The minimum absolute atomic E-state index is 0.0787. The Morgan fingerprint density at radius 3 is 2.54 bits per heavy atom. The Morgan fingerprint density at radius 2 is 1.83 bits per heavy atom. The van der Waals surface area contributed by atoms with E-state index < -0.39 is 0 Å². The number of rotatable bonds is 1. The predicted molar refractivity (Wildman–Crippen MR) is 91.3 cm³/mol. The number of carbonyl (C=O) groups is 3. The van der Waals surface area contributed by atoms with Gasteiger partial charge in [0.15, 0.2) is 11.6 Å². The second kappa shape index (κ2) is 5.12. The topological polar surface area (TPSA) is 51.2 Å². The molecule has 4 rings (SSSR count). The van der Waals surface area contributed by atoms with Crippen molar-refractivity contribution in [2.45, 2.75) is 65.7 Å². The fourth-order valence-corrected chi connectivity index (χ4v) is 7.05. The quantitative estimate of drug-likeness (QED) is 0.733. The van der Waals surface area contributed by atoms with Gasteiger partial charge in [-0.05, 0) is 73.7 Å². The highest BCUT2D eigenvalue weighted by molar-refractivity contribution is 6.05. The van der Waals surface area contributed by atoms with Gasteiger partial charge >= 0.3 is 0 Å². The van der Waals surface area contributed by atoms with E-state index in [1.165, 1.54) is 0 Å². The molecular weight excluding hydrogens is 300 g/mol. The van der Waals surface area contributed by atoms with Crippen LogP contribution in [0.1, 0.15) is 65.7 Å². The number of carbonyl (C=O) groups excluding carboxylic acids is 3. The van der Waals surface area contributed by atoms with Crippen LogP contribution < -0.4 is 0 Å². The maximum atomic E-state index is 12.9. The van der Waals surface area contributed by atoms with E-state index in [9.17, 15) is 14.4 Å². The molecule has 0 N–H and O–H groups in total. The molecule has 3 heteroatoms.